The molecule has 0 saturated heterocycles. The van der Waals surface area contributed by atoms with E-state index in [4.69, 9.17) is 4.74 Å². The smallest absolute Gasteiger partial charge is 0.334 e. The fourth-order valence-corrected chi connectivity index (χ4v) is 2.89. The Hall–Kier alpha value is -0.570. The molecule has 23 heavy (non-hydrogen) atoms. The van der Waals surface area contributed by atoms with E-state index in [-0.39, 0.29) is 0 Å². The molecule has 0 heterocycles. The first-order valence-electron chi connectivity index (χ1n) is 10.1. The number of ether oxygens (including phenoxy) is 1. The number of unbranched alkanes of at least 4 members (excludes halogenated alkanes) is 13. The first-order valence-corrected chi connectivity index (χ1v) is 10.1. The Balaban J connectivity index is 3.14. The lowest BCUT2D eigenvalue weighted by Crippen LogP contribution is -2.22. The summed E-state index contributed by atoms with van der Waals surface area (Å²) in [5.41, 5.74) is 0. The zero-order chi connectivity index (χ0) is 17.2. The van der Waals surface area contributed by atoms with Crippen LogP contribution < -0.4 is 0 Å². The fraction of sp³-hybridized carbons (Fsp3) is 0.950. The number of aliphatic hydroxyl groups is 1. The average Bonchev–Trinajstić information content (AvgIpc) is 2.55. The molecule has 138 valence electrons. The Morgan fingerprint density at radius 2 is 1.13 bits per heavy atom. The van der Waals surface area contributed by atoms with Crippen LogP contribution in [0.1, 0.15) is 110 Å². The fourth-order valence-electron chi connectivity index (χ4n) is 2.89. The molecule has 0 bridgehead atoms. The van der Waals surface area contributed by atoms with Gasteiger partial charge in [0.2, 0.25) is 0 Å². The summed E-state index contributed by atoms with van der Waals surface area (Å²) in [5, 5.41) is 9.57. The van der Waals surface area contributed by atoms with E-state index in [2.05, 4.69) is 6.92 Å². The predicted molar refractivity (Wildman–Crippen MR) is 97.6 cm³/mol. The standard InChI is InChI=1S/C20H40O3/c1-3-5-6-7-8-9-10-11-12-13-14-15-16-17-18-19(21)20(22)23-4-2/h19,21H,3-18H2,1-2H3. The molecule has 1 unspecified atom stereocenters. The van der Waals surface area contributed by atoms with Crippen molar-refractivity contribution in [2.24, 2.45) is 0 Å². The first kappa shape index (κ1) is 22.4. The monoisotopic (exact) mass is 328 g/mol. The Morgan fingerprint density at radius 1 is 0.739 bits per heavy atom. The molecular formula is C20H40O3. The van der Waals surface area contributed by atoms with Crippen LogP contribution in [0.5, 0.6) is 0 Å². The second-order valence-electron chi connectivity index (χ2n) is 6.65. The molecule has 0 aliphatic heterocycles. The summed E-state index contributed by atoms with van der Waals surface area (Å²) in [6.45, 7) is 4.37. The van der Waals surface area contributed by atoms with E-state index in [9.17, 15) is 9.90 Å². The van der Waals surface area contributed by atoms with Gasteiger partial charge in [-0.1, -0.05) is 96.8 Å². The molecule has 0 rings (SSSR count). The minimum atomic E-state index is -0.924. The van der Waals surface area contributed by atoms with Crippen LogP contribution in [0.25, 0.3) is 0 Å². The van der Waals surface area contributed by atoms with E-state index in [0.29, 0.717) is 13.0 Å². The van der Waals surface area contributed by atoms with Crippen molar-refractivity contribution in [2.45, 2.75) is 116 Å². The number of hydrogen-bond acceptors (Lipinski definition) is 3. The third-order valence-electron chi connectivity index (χ3n) is 4.39. The van der Waals surface area contributed by atoms with Gasteiger partial charge in [0, 0.05) is 0 Å². The normalized spacial score (nSPS) is 12.3. The molecule has 0 radical (unpaired) electrons. The highest BCUT2D eigenvalue weighted by molar-refractivity contribution is 5.74. The quantitative estimate of drug-likeness (QED) is 0.272. The highest BCUT2D eigenvalue weighted by Crippen LogP contribution is 2.13. The lowest BCUT2D eigenvalue weighted by Gasteiger charge is -2.09. The third-order valence-corrected chi connectivity index (χ3v) is 4.39. The maximum Gasteiger partial charge on any atom is 0.334 e. The molecule has 1 N–H and O–H groups in total. The highest BCUT2D eigenvalue weighted by atomic mass is 16.5. The summed E-state index contributed by atoms with van der Waals surface area (Å²) in [7, 11) is 0. The first-order chi connectivity index (χ1) is 11.2. The van der Waals surface area contributed by atoms with Crippen molar-refractivity contribution in [2.75, 3.05) is 6.61 Å². The highest BCUT2D eigenvalue weighted by Gasteiger charge is 2.14. The van der Waals surface area contributed by atoms with Crippen molar-refractivity contribution in [3.8, 4) is 0 Å². The van der Waals surface area contributed by atoms with Gasteiger partial charge in [0.1, 0.15) is 0 Å². The van der Waals surface area contributed by atoms with Gasteiger partial charge < -0.3 is 9.84 Å². The lowest BCUT2D eigenvalue weighted by atomic mass is 10.0. The molecule has 3 heteroatoms. The van der Waals surface area contributed by atoms with Crippen molar-refractivity contribution >= 4 is 5.97 Å². The minimum absolute atomic E-state index is 0.342. The zero-order valence-corrected chi connectivity index (χ0v) is 15.7. The Kier molecular flexibility index (Phi) is 17.3. The number of carbonyl (C=O) groups excluding carboxylic acids is 1. The maximum atomic E-state index is 11.2. The van der Waals surface area contributed by atoms with Crippen LogP contribution in [0.2, 0.25) is 0 Å². The summed E-state index contributed by atoms with van der Waals surface area (Å²) < 4.78 is 4.78. The Bertz CT molecular complexity index is 253. The SMILES string of the molecule is CCCCCCCCCCCCCCCCC(O)C(=O)OCC. The molecule has 0 aliphatic rings. The zero-order valence-electron chi connectivity index (χ0n) is 15.7. The van der Waals surface area contributed by atoms with Gasteiger partial charge >= 0.3 is 5.97 Å². The largest absolute Gasteiger partial charge is 0.464 e. The molecule has 0 aliphatic carbocycles. The molecular weight excluding hydrogens is 288 g/mol. The van der Waals surface area contributed by atoms with Crippen LogP contribution in [0.4, 0.5) is 0 Å². The van der Waals surface area contributed by atoms with Crippen molar-refractivity contribution in [3.05, 3.63) is 0 Å². The van der Waals surface area contributed by atoms with Crippen LogP contribution in [0.3, 0.4) is 0 Å². The number of aliphatic hydroxyl groups excluding tert-OH is 1. The van der Waals surface area contributed by atoms with E-state index >= 15 is 0 Å². The van der Waals surface area contributed by atoms with Gasteiger partial charge in [-0.2, -0.15) is 0 Å². The molecule has 0 aromatic heterocycles. The van der Waals surface area contributed by atoms with Crippen molar-refractivity contribution in [3.63, 3.8) is 0 Å². The van der Waals surface area contributed by atoms with Gasteiger partial charge in [0.15, 0.2) is 6.10 Å². The predicted octanol–water partition coefficient (Wildman–Crippen LogP) is 5.78. The molecule has 3 nitrogen and oxygen atoms in total. The van der Waals surface area contributed by atoms with E-state index in [1.165, 1.54) is 77.0 Å². The third kappa shape index (κ3) is 16.1. The second kappa shape index (κ2) is 17.8. The Labute approximate surface area is 144 Å². The summed E-state index contributed by atoms with van der Waals surface area (Å²) >= 11 is 0. The number of hydrogen-bond donors (Lipinski definition) is 1. The van der Waals surface area contributed by atoms with Crippen LogP contribution >= 0.6 is 0 Å². The van der Waals surface area contributed by atoms with Crippen LogP contribution in [0.15, 0.2) is 0 Å². The van der Waals surface area contributed by atoms with Crippen LogP contribution in [-0.2, 0) is 9.53 Å². The summed E-state index contributed by atoms with van der Waals surface area (Å²) in [4.78, 5) is 11.2. The van der Waals surface area contributed by atoms with E-state index in [1.807, 2.05) is 0 Å². The number of rotatable bonds is 17. The molecule has 0 aromatic carbocycles. The van der Waals surface area contributed by atoms with Crippen molar-refractivity contribution < 1.29 is 14.6 Å². The minimum Gasteiger partial charge on any atom is -0.464 e. The van der Waals surface area contributed by atoms with Crippen LogP contribution in [0, 0.1) is 0 Å². The molecule has 0 fully saturated rings. The van der Waals surface area contributed by atoms with Crippen molar-refractivity contribution in [1.82, 2.24) is 0 Å². The Morgan fingerprint density at radius 3 is 1.52 bits per heavy atom. The number of carbonyl (C=O) groups is 1. The topological polar surface area (TPSA) is 46.5 Å². The molecule has 0 aromatic rings. The molecule has 0 saturated carbocycles. The average molecular weight is 329 g/mol. The van der Waals surface area contributed by atoms with E-state index in [1.54, 1.807) is 6.92 Å². The van der Waals surface area contributed by atoms with Gasteiger partial charge in [-0.15, -0.1) is 0 Å². The van der Waals surface area contributed by atoms with E-state index < -0.39 is 12.1 Å². The maximum absolute atomic E-state index is 11.2. The number of esters is 1. The molecule has 0 spiro atoms. The lowest BCUT2D eigenvalue weighted by molar-refractivity contribution is -0.153. The summed E-state index contributed by atoms with van der Waals surface area (Å²) in [6.07, 6.45) is 18.0. The second-order valence-corrected chi connectivity index (χ2v) is 6.65. The van der Waals surface area contributed by atoms with Gasteiger partial charge in [0.25, 0.3) is 0 Å². The molecule has 0 amide bonds. The van der Waals surface area contributed by atoms with Crippen molar-refractivity contribution in [1.29, 1.82) is 0 Å². The van der Waals surface area contributed by atoms with Gasteiger partial charge in [-0.3, -0.25) is 0 Å². The summed E-state index contributed by atoms with van der Waals surface area (Å²) in [6, 6.07) is 0. The van der Waals surface area contributed by atoms with Crippen LogP contribution in [-0.4, -0.2) is 23.8 Å². The van der Waals surface area contributed by atoms with Gasteiger partial charge in [0.05, 0.1) is 6.61 Å². The van der Waals surface area contributed by atoms with Gasteiger partial charge in [-0.05, 0) is 13.3 Å². The van der Waals surface area contributed by atoms with E-state index in [0.717, 1.165) is 12.8 Å². The molecule has 1 atom stereocenters. The van der Waals surface area contributed by atoms with Gasteiger partial charge in [-0.25, -0.2) is 4.79 Å². The summed E-state index contributed by atoms with van der Waals surface area (Å²) in [5.74, 6) is -0.470.